The number of sulfonamides is 1. The third kappa shape index (κ3) is 3.47. The highest BCUT2D eigenvalue weighted by Crippen LogP contribution is 2.39. The normalized spacial score (nSPS) is 16.2. The molecule has 0 saturated carbocycles. The summed E-state index contributed by atoms with van der Waals surface area (Å²) in [6, 6.07) is 10.9. The Morgan fingerprint density at radius 3 is 2.52 bits per heavy atom. The maximum absolute atomic E-state index is 12.7. The Labute approximate surface area is 158 Å². The molecule has 2 N–H and O–H groups in total. The van der Waals surface area contributed by atoms with Gasteiger partial charge in [0.2, 0.25) is 0 Å². The lowest BCUT2D eigenvalue weighted by atomic mass is 10.0. The Morgan fingerprint density at radius 2 is 1.93 bits per heavy atom. The number of methoxy groups -OCH3 is 1. The van der Waals surface area contributed by atoms with Crippen molar-refractivity contribution in [2.24, 2.45) is 0 Å². The molecule has 27 heavy (non-hydrogen) atoms. The molecular weight excluding hydrogens is 366 g/mol. The van der Waals surface area contributed by atoms with Crippen molar-refractivity contribution in [3.05, 3.63) is 53.1 Å². The molecule has 0 aliphatic carbocycles. The summed E-state index contributed by atoms with van der Waals surface area (Å²) in [5.41, 5.74) is 2.90. The van der Waals surface area contributed by atoms with E-state index in [4.69, 9.17) is 10.00 Å². The van der Waals surface area contributed by atoms with Crippen molar-refractivity contribution >= 4 is 27.5 Å². The van der Waals surface area contributed by atoms with Crippen LogP contribution in [0.15, 0.2) is 46.9 Å². The van der Waals surface area contributed by atoms with Crippen molar-refractivity contribution in [1.29, 1.82) is 5.26 Å². The van der Waals surface area contributed by atoms with Gasteiger partial charge in [-0.05, 0) is 48.9 Å². The maximum atomic E-state index is 12.7. The van der Waals surface area contributed by atoms with Gasteiger partial charge in [-0.1, -0.05) is 0 Å². The molecule has 0 saturated heterocycles. The van der Waals surface area contributed by atoms with Gasteiger partial charge in [0.1, 0.15) is 12.0 Å². The molecule has 7 nitrogen and oxygen atoms in total. The molecule has 2 aromatic rings. The molecule has 2 aromatic carbocycles. The van der Waals surface area contributed by atoms with E-state index in [9.17, 15) is 13.5 Å². The molecule has 3 rings (SSSR count). The lowest BCUT2D eigenvalue weighted by molar-refractivity contribution is 0.210. The molecule has 0 bridgehead atoms. The van der Waals surface area contributed by atoms with Crippen LogP contribution in [0.5, 0.6) is 5.75 Å². The first-order chi connectivity index (χ1) is 12.8. The van der Waals surface area contributed by atoms with E-state index in [1.54, 1.807) is 37.1 Å². The summed E-state index contributed by atoms with van der Waals surface area (Å²) in [5.74, 6) is 0.331. The van der Waals surface area contributed by atoms with Crippen LogP contribution in [0.3, 0.4) is 0 Å². The molecular formula is C19H19N3O4S. The number of fused-ring (bicyclic) bond motifs is 1. The van der Waals surface area contributed by atoms with Gasteiger partial charge < -0.3 is 14.7 Å². The molecule has 1 heterocycles. The van der Waals surface area contributed by atoms with Gasteiger partial charge in [-0.2, -0.15) is 5.26 Å². The third-order valence-corrected chi connectivity index (χ3v) is 5.81. The molecule has 1 unspecified atom stereocenters. The fourth-order valence-electron chi connectivity index (χ4n) is 2.92. The van der Waals surface area contributed by atoms with Gasteiger partial charge in [-0.3, -0.25) is 4.72 Å². The Balaban J connectivity index is 2.02. The Morgan fingerprint density at radius 1 is 1.26 bits per heavy atom. The first kappa shape index (κ1) is 18.8. The summed E-state index contributed by atoms with van der Waals surface area (Å²) in [4.78, 5) is 1.73. The Kier molecular flexibility index (Phi) is 4.83. The highest BCUT2D eigenvalue weighted by molar-refractivity contribution is 7.92. The fraction of sp³-hybridized carbons (Fsp3) is 0.211. The van der Waals surface area contributed by atoms with Gasteiger partial charge in [0, 0.05) is 24.4 Å². The average Bonchev–Trinajstić information content (AvgIpc) is 2.65. The predicted octanol–water partition coefficient (Wildman–Crippen LogP) is 2.54. The average molecular weight is 385 g/mol. The number of benzene rings is 2. The van der Waals surface area contributed by atoms with Crippen LogP contribution in [0.1, 0.15) is 18.1 Å². The zero-order valence-corrected chi connectivity index (χ0v) is 15.9. The highest BCUT2D eigenvalue weighted by atomic mass is 32.2. The topological polar surface area (TPSA) is 103 Å². The standard InChI is InChI=1S/C19H19N3O4S/c1-12-8-14-9-16(18(26-3)10-17(14)22(2)19(12)23)21-27(24,25)15-6-4-13(11-20)5-7-15/h4-10,19,21,23H,1-3H3. The van der Waals surface area contributed by atoms with Gasteiger partial charge in [0.25, 0.3) is 10.0 Å². The number of likely N-dealkylation sites (N-methyl/N-ethyl adjacent to an activating group) is 1. The number of nitrogens with zero attached hydrogens (tertiary/aromatic N) is 2. The van der Waals surface area contributed by atoms with Crippen LogP contribution in [0, 0.1) is 11.3 Å². The summed E-state index contributed by atoms with van der Waals surface area (Å²) in [7, 11) is -0.662. The van der Waals surface area contributed by atoms with E-state index in [2.05, 4.69) is 4.72 Å². The first-order valence-electron chi connectivity index (χ1n) is 8.11. The molecule has 8 heteroatoms. The molecule has 1 aliphatic heterocycles. The molecule has 0 spiro atoms. The van der Waals surface area contributed by atoms with E-state index in [1.807, 2.05) is 6.07 Å². The molecule has 1 aliphatic rings. The summed E-state index contributed by atoms with van der Waals surface area (Å²) in [5, 5.41) is 19.0. The minimum atomic E-state index is -3.86. The second-order valence-electron chi connectivity index (χ2n) is 6.23. The molecule has 0 aromatic heterocycles. The SMILES string of the molecule is COc1cc2c(cc1NS(=O)(=O)c1ccc(C#N)cc1)C=C(C)C(O)N2C. The largest absolute Gasteiger partial charge is 0.494 e. The molecule has 140 valence electrons. The van der Waals surface area contributed by atoms with Crippen molar-refractivity contribution in [2.45, 2.75) is 18.0 Å². The summed E-state index contributed by atoms with van der Waals surface area (Å²) in [6.07, 6.45) is 1.06. The van der Waals surface area contributed by atoms with E-state index in [0.717, 1.165) is 16.8 Å². The lowest BCUT2D eigenvalue weighted by Crippen LogP contribution is -2.34. The van der Waals surface area contributed by atoms with Gasteiger partial charge >= 0.3 is 0 Å². The van der Waals surface area contributed by atoms with Crippen molar-refractivity contribution in [3.63, 3.8) is 0 Å². The second kappa shape index (κ2) is 6.95. The van der Waals surface area contributed by atoms with Gasteiger partial charge in [-0.25, -0.2) is 8.42 Å². The Hall–Kier alpha value is -3.02. The number of hydrogen-bond donors (Lipinski definition) is 2. The molecule has 0 fully saturated rings. The Bertz CT molecular complexity index is 1050. The number of nitriles is 1. The summed E-state index contributed by atoms with van der Waals surface area (Å²) in [6.45, 7) is 1.80. The summed E-state index contributed by atoms with van der Waals surface area (Å²) >= 11 is 0. The first-order valence-corrected chi connectivity index (χ1v) is 9.59. The van der Waals surface area contributed by atoms with E-state index in [-0.39, 0.29) is 10.6 Å². The van der Waals surface area contributed by atoms with Crippen molar-refractivity contribution in [1.82, 2.24) is 0 Å². The van der Waals surface area contributed by atoms with Crippen LogP contribution >= 0.6 is 0 Å². The second-order valence-corrected chi connectivity index (χ2v) is 7.91. The maximum Gasteiger partial charge on any atom is 0.262 e. The van der Waals surface area contributed by atoms with Crippen LogP contribution in [-0.4, -0.2) is 33.9 Å². The number of ether oxygens (including phenoxy) is 1. The minimum absolute atomic E-state index is 0.0422. The van der Waals surface area contributed by atoms with Gasteiger partial charge in [-0.15, -0.1) is 0 Å². The van der Waals surface area contributed by atoms with Gasteiger partial charge in [0.15, 0.2) is 0 Å². The monoisotopic (exact) mass is 385 g/mol. The number of anilines is 2. The number of rotatable bonds is 4. The van der Waals surface area contributed by atoms with Crippen molar-refractivity contribution in [3.8, 4) is 11.8 Å². The zero-order valence-electron chi connectivity index (χ0n) is 15.1. The van der Waals surface area contributed by atoms with Gasteiger partial charge in [0.05, 0.1) is 29.3 Å². The number of aliphatic hydroxyl groups is 1. The molecule has 0 radical (unpaired) electrons. The smallest absolute Gasteiger partial charge is 0.262 e. The van der Waals surface area contributed by atoms with E-state index < -0.39 is 16.3 Å². The van der Waals surface area contributed by atoms with Crippen LogP contribution in [0.4, 0.5) is 11.4 Å². The van der Waals surface area contributed by atoms with Crippen LogP contribution in [-0.2, 0) is 10.0 Å². The number of nitrogens with one attached hydrogen (secondary N) is 1. The predicted molar refractivity (Wildman–Crippen MR) is 103 cm³/mol. The fourth-order valence-corrected chi connectivity index (χ4v) is 3.99. The molecule has 0 amide bonds. The third-order valence-electron chi connectivity index (χ3n) is 4.42. The van der Waals surface area contributed by atoms with Crippen LogP contribution in [0.25, 0.3) is 6.08 Å². The quantitative estimate of drug-likeness (QED) is 0.838. The lowest BCUT2D eigenvalue weighted by Gasteiger charge is -2.32. The number of hydrogen-bond acceptors (Lipinski definition) is 6. The van der Waals surface area contributed by atoms with Crippen molar-refractivity contribution < 1.29 is 18.3 Å². The summed E-state index contributed by atoms with van der Waals surface area (Å²) < 4.78 is 33.3. The van der Waals surface area contributed by atoms with E-state index in [1.165, 1.54) is 31.4 Å². The molecule has 1 atom stereocenters. The van der Waals surface area contributed by atoms with Crippen LogP contribution < -0.4 is 14.4 Å². The minimum Gasteiger partial charge on any atom is -0.494 e. The van der Waals surface area contributed by atoms with Crippen LogP contribution in [0.2, 0.25) is 0 Å². The number of aliphatic hydroxyl groups excluding tert-OH is 1. The zero-order chi connectivity index (χ0) is 19.8. The van der Waals surface area contributed by atoms with E-state index in [0.29, 0.717) is 11.3 Å². The van der Waals surface area contributed by atoms with E-state index >= 15 is 0 Å². The van der Waals surface area contributed by atoms with Crippen molar-refractivity contribution in [2.75, 3.05) is 23.8 Å². The highest BCUT2D eigenvalue weighted by Gasteiger charge is 2.25.